The van der Waals surface area contributed by atoms with Crippen molar-refractivity contribution in [3.05, 3.63) is 33.8 Å². The third-order valence-electron chi connectivity index (χ3n) is 2.48. The van der Waals surface area contributed by atoms with Crippen LogP contribution in [0.3, 0.4) is 0 Å². The molecule has 1 aromatic heterocycles. The molecule has 0 aliphatic carbocycles. The van der Waals surface area contributed by atoms with Crippen molar-refractivity contribution < 1.29 is 19.1 Å². The highest BCUT2D eigenvalue weighted by molar-refractivity contribution is 7.16. The van der Waals surface area contributed by atoms with Crippen molar-refractivity contribution >= 4 is 33.8 Å². The quantitative estimate of drug-likeness (QED) is 0.687. The molecule has 94 valence electrons. The van der Waals surface area contributed by atoms with Crippen LogP contribution < -0.4 is 0 Å². The number of hydrogen-bond acceptors (Lipinski definition) is 4. The molecule has 0 radical (unpaired) electrons. The highest BCUT2D eigenvalue weighted by Crippen LogP contribution is 2.33. The maximum Gasteiger partial charge on any atom is 0.359 e. The Labute approximate surface area is 106 Å². The van der Waals surface area contributed by atoms with Gasteiger partial charge in [-0.1, -0.05) is 17.3 Å². The second-order valence-electron chi connectivity index (χ2n) is 3.58. The Kier molecular flexibility index (Phi) is 3.29. The van der Waals surface area contributed by atoms with E-state index < -0.39 is 11.8 Å². The fourth-order valence-electron chi connectivity index (χ4n) is 1.74. The zero-order chi connectivity index (χ0) is 13.3. The fourth-order valence-corrected chi connectivity index (χ4v) is 2.86. The van der Waals surface area contributed by atoms with E-state index in [9.17, 15) is 9.18 Å². The van der Waals surface area contributed by atoms with Crippen LogP contribution in [0.5, 0.6) is 0 Å². The smallest absolute Gasteiger partial charge is 0.359 e. The first-order chi connectivity index (χ1) is 8.56. The Balaban J connectivity index is 2.79. The molecule has 18 heavy (non-hydrogen) atoms. The molecule has 2 aromatic rings. The number of fused-ring (bicyclic) bond motifs is 1. The summed E-state index contributed by atoms with van der Waals surface area (Å²) in [6.07, 6.45) is 0. The van der Waals surface area contributed by atoms with Gasteiger partial charge in [-0.3, -0.25) is 0 Å². The average Bonchev–Trinajstić information content (AvgIpc) is 2.65. The van der Waals surface area contributed by atoms with E-state index in [0.29, 0.717) is 5.39 Å². The molecule has 0 saturated carbocycles. The summed E-state index contributed by atoms with van der Waals surface area (Å²) in [5, 5.41) is 13.5. The molecule has 0 fully saturated rings. The van der Waals surface area contributed by atoms with Gasteiger partial charge in [0.25, 0.3) is 0 Å². The predicted molar refractivity (Wildman–Crippen MR) is 67.7 cm³/mol. The number of carboxylic acids is 1. The van der Waals surface area contributed by atoms with Crippen LogP contribution in [0.15, 0.2) is 23.4 Å². The Hall–Kier alpha value is -1.95. The lowest BCUT2D eigenvalue weighted by molar-refractivity contribution is -0.129. The Morgan fingerprint density at radius 2 is 2.22 bits per heavy atom. The summed E-state index contributed by atoms with van der Waals surface area (Å²) in [4.78, 5) is 16.7. The van der Waals surface area contributed by atoms with Gasteiger partial charge in [0.15, 0.2) is 0 Å². The van der Waals surface area contributed by atoms with Gasteiger partial charge in [-0.05, 0) is 18.4 Å². The zero-order valence-electron chi connectivity index (χ0n) is 9.73. The van der Waals surface area contributed by atoms with Crippen LogP contribution in [0.4, 0.5) is 4.39 Å². The Morgan fingerprint density at radius 3 is 2.83 bits per heavy atom. The summed E-state index contributed by atoms with van der Waals surface area (Å²) in [5.74, 6) is -1.71. The first-order valence-corrected chi connectivity index (χ1v) is 5.90. The van der Waals surface area contributed by atoms with Gasteiger partial charge in [-0.25, -0.2) is 9.18 Å². The van der Waals surface area contributed by atoms with E-state index in [1.54, 1.807) is 12.1 Å². The summed E-state index contributed by atoms with van der Waals surface area (Å²) < 4.78 is 13.8. The summed E-state index contributed by atoms with van der Waals surface area (Å²) >= 11 is 1.19. The maximum absolute atomic E-state index is 13.8. The molecule has 1 N–H and O–H groups in total. The molecule has 4 nitrogen and oxygen atoms in total. The monoisotopic (exact) mass is 267 g/mol. The van der Waals surface area contributed by atoms with Crippen LogP contribution in [0.25, 0.3) is 10.8 Å². The number of aliphatic carboxylic acids is 1. The van der Waals surface area contributed by atoms with Crippen LogP contribution >= 0.6 is 11.3 Å². The van der Waals surface area contributed by atoms with E-state index >= 15 is 0 Å². The van der Waals surface area contributed by atoms with Gasteiger partial charge in [0, 0.05) is 10.3 Å². The highest BCUT2D eigenvalue weighted by Gasteiger charge is 2.22. The van der Waals surface area contributed by atoms with E-state index in [1.807, 2.05) is 6.92 Å². The number of halogens is 1. The molecule has 0 bridgehead atoms. The van der Waals surface area contributed by atoms with Crippen LogP contribution in [-0.4, -0.2) is 23.9 Å². The topological polar surface area (TPSA) is 58.9 Å². The Morgan fingerprint density at radius 1 is 1.50 bits per heavy atom. The second kappa shape index (κ2) is 4.73. The molecular formula is C12H10FNO3S. The van der Waals surface area contributed by atoms with E-state index in [1.165, 1.54) is 24.5 Å². The van der Waals surface area contributed by atoms with Crippen molar-refractivity contribution in [1.29, 1.82) is 0 Å². The van der Waals surface area contributed by atoms with Crippen molar-refractivity contribution in [2.45, 2.75) is 6.92 Å². The zero-order valence-corrected chi connectivity index (χ0v) is 10.5. The van der Waals surface area contributed by atoms with Gasteiger partial charge in [-0.15, -0.1) is 11.3 Å². The number of nitrogens with zero attached hydrogens (tertiary/aromatic N) is 1. The van der Waals surface area contributed by atoms with Crippen molar-refractivity contribution in [2.75, 3.05) is 7.11 Å². The van der Waals surface area contributed by atoms with Crippen molar-refractivity contribution in [2.24, 2.45) is 5.16 Å². The van der Waals surface area contributed by atoms with Crippen molar-refractivity contribution in [3.8, 4) is 0 Å². The van der Waals surface area contributed by atoms with E-state index in [0.717, 1.165) is 4.88 Å². The highest BCUT2D eigenvalue weighted by atomic mass is 32.1. The molecule has 0 aliphatic rings. The molecular weight excluding hydrogens is 257 g/mol. The van der Waals surface area contributed by atoms with Gasteiger partial charge >= 0.3 is 5.97 Å². The third kappa shape index (κ3) is 1.95. The molecule has 0 spiro atoms. The minimum atomic E-state index is -1.25. The lowest BCUT2D eigenvalue weighted by Gasteiger charge is -1.99. The minimum absolute atomic E-state index is 0.273. The lowest BCUT2D eigenvalue weighted by Crippen LogP contribution is -2.13. The average molecular weight is 267 g/mol. The van der Waals surface area contributed by atoms with Crippen LogP contribution in [0.1, 0.15) is 9.75 Å². The van der Waals surface area contributed by atoms with Crippen molar-refractivity contribution in [3.63, 3.8) is 0 Å². The molecule has 1 aromatic carbocycles. The number of oxime groups is 1. The van der Waals surface area contributed by atoms with E-state index in [-0.39, 0.29) is 16.0 Å². The largest absolute Gasteiger partial charge is 0.476 e. The van der Waals surface area contributed by atoms with Gasteiger partial charge < -0.3 is 9.94 Å². The molecule has 2 rings (SSSR count). The Bertz CT molecular complexity index is 648. The number of benzene rings is 1. The molecule has 1 heterocycles. The summed E-state index contributed by atoms with van der Waals surface area (Å²) in [5.41, 5.74) is -0.286. The van der Waals surface area contributed by atoms with Gasteiger partial charge in [0.2, 0.25) is 5.71 Å². The van der Waals surface area contributed by atoms with E-state index in [2.05, 4.69) is 9.99 Å². The predicted octanol–water partition coefficient (Wildman–Crippen LogP) is 2.78. The summed E-state index contributed by atoms with van der Waals surface area (Å²) in [6, 6.07) is 4.64. The van der Waals surface area contributed by atoms with Crippen LogP contribution in [0, 0.1) is 12.7 Å². The minimum Gasteiger partial charge on any atom is -0.476 e. The van der Waals surface area contributed by atoms with Gasteiger partial charge in [0.05, 0.1) is 4.88 Å². The normalized spacial score (nSPS) is 11.8. The number of thiophene rings is 1. The van der Waals surface area contributed by atoms with Crippen LogP contribution in [-0.2, 0) is 9.63 Å². The number of rotatable bonds is 3. The summed E-state index contributed by atoms with van der Waals surface area (Å²) in [6.45, 7) is 1.81. The standard InChI is InChI=1S/C12H10FNO3S/c1-6-7-4-3-5-8(13)9(7)11(18-6)10(12(15)16)14-17-2/h3-5H,1-2H3,(H,15,16)/b14-10+. The first kappa shape index (κ1) is 12.5. The third-order valence-corrected chi connectivity index (χ3v) is 3.60. The van der Waals surface area contributed by atoms with Gasteiger partial charge in [-0.2, -0.15) is 0 Å². The fraction of sp³-hybridized carbons (Fsp3) is 0.167. The molecule has 0 atom stereocenters. The molecule has 0 saturated heterocycles. The van der Waals surface area contributed by atoms with Gasteiger partial charge in [0.1, 0.15) is 12.9 Å². The summed E-state index contributed by atoms with van der Waals surface area (Å²) in [7, 11) is 1.25. The SMILES string of the molecule is CO/N=C(/C(=O)O)c1sc(C)c2cccc(F)c12. The van der Waals surface area contributed by atoms with Crippen molar-refractivity contribution in [1.82, 2.24) is 0 Å². The van der Waals surface area contributed by atoms with Crippen LogP contribution in [0.2, 0.25) is 0 Å². The molecule has 0 aliphatic heterocycles. The number of aryl methyl sites for hydroxylation is 1. The molecule has 0 amide bonds. The first-order valence-electron chi connectivity index (χ1n) is 5.08. The second-order valence-corrected chi connectivity index (χ2v) is 4.80. The molecule has 0 unspecified atom stereocenters. The lowest BCUT2D eigenvalue weighted by atomic mass is 10.1. The number of carbonyl (C=O) groups is 1. The number of carboxylic acid groups (broad SMARTS) is 1. The number of hydrogen-bond donors (Lipinski definition) is 1. The van der Waals surface area contributed by atoms with E-state index in [4.69, 9.17) is 5.11 Å². The molecule has 6 heteroatoms. The maximum atomic E-state index is 13.8.